The van der Waals surface area contributed by atoms with Crippen LogP contribution in [-0.4, -0.2) is 58.0 Å². The van der Waals surface area contributed by atoms with Gasteiger partial charge < -0.3 is 19.1 Å². The fraction of sp³-hybridized carbons (Fsp3) is 0.562. The van der Waals surface area contributed by atoms with Crippen LogP contribution in [0.15, 0.2) is 16.7 Å². The molecule has 1 aliphatic heterocycles. The first-order chi connectivity index (χ1) is 11.8. The van der Waals surface area contributed by atoms with Gasteiger partial charge in [0.2, 0.25) is 5.88 Å². The van der Waals surface area contributed by atoms with Crippen molar-refractivity contribution in [2.75, 3.05) is 26.8 Å². The summed E-state index contributed by atoms with van der Waals surface area (Å²) in [5, 5.41) is 4.22. The van der Waals surface area contributed by atoms with Crippen LogP contribution in [0.5, 0.6) is 5.88 Å². The Balaban J connectivity index is 1.85. The molecule has 25 heavy (non-hydrogen) atoms. The van der Waals surface area contributed by atoms with Crippen molar-refractivity contribution in [3.8, 4) is 5.88 Å². The molecule has 136 valence electrons. The van der Waals surface area contributed by atoms with E-state index in [1.165, 1.54) is 0 Å². The lowest BCUT2D eigenvalue weighted by molar-refractivity contribution is -0.0447. The van der Waals surface area contributed by atoms with Crippen LogP contribution in [0.4, 0.5) is 4.79 Å². The second-order valence-corrected chi connectivity index (χ2v) is 7.59. The number of rotatable bonds is 2. The van der Waals surface area contributed by atoms with Gasteiger partial charge in [-0.25, -0.2) is 9.78 Å². The molecule has 0 aliphatic carbocycles. The Labute approximate surface area is 154 Å². The average Bonchev–Trinajstić information content (AvgIpc) is 2.94. The number of ether oxygens (including phenoxy) is 3. The van der Waals surface area contributed by atoms with Crippen molar-refractivity contribution < 1.29 is 19.0 Å². The second kappa shape index (κ2) is 6.80. The van der Waals surface area contributed by atoms with Crippen molar-refractivity contribution in [2.45, 2.75) is 32.5 Å². The third-order valence-corrected chi connectivity index (χ3v) is 4.23. The number of fused-ring (bicyclic) bond motifs is 1. The van der Waals surface area contributed by atoms with Crippen LogP contribution >= 0.6 is 15.9 Å². The molecule has 1 fully saturated rings. The van der Waals surface area contributed by atoms with Crippen LogP contribution < -0.4 is 4.74 Å². The van der Waals surface area contributed by atoms with Gasteiger partial charge in [0.25, 0.3) is 0 Å². The van der Waals surface area contributed by atoms with Crippen LogP contribution in [-0.2, 0) is 9.47 Å². The Morgan fingerprint density at radius 2 is 2.20 bits per heavy atom. The predicted molar refractivity (Wildman–Crippen MR) is 93.7 cm³/mol. The van der Waals surface area contributed by atoms with E-state index in [0.29, 0.717) is 36.9 Å². The molecule has 3 rings (SSSR count). The van der Waals surface area contributed by atoms with Gasteiger partial charge in [-0.3, -0.25) is 0 Å². The Bertz CT molecular complexity index is 786. The number of halogens is 1. The summed E-state index contributed by atoms with van der Waals surface area (Å²) in [5.41, 5.74) is 0.777. The quantitative estimate of drug-likeness (QED) is 0.754. The summed E-state index contributed by atoms with van der Waals surface area (Å²) >= 11 is 3.43. The van der Waals surface area contributed by atoms with E-state index >= 15 is 0 Å². The third kappa shape index (κ3) is 3.87. The van der Waals surface area contributed by atoms with Gasteiger partial charge in [0.05, 0.1) is 36.6 Å². The molecule has 0 aromatic carbocycles. The first-order valence-corrected chi connectivity index (χ1v) is 8.75. The van der Waals surface area contributed by atoms with Gasteiger partial charge in [-0.05, 0) is 36.7 Å². The SMILES string of the molecule is COc1cc(C2CN(C(=O)OC(C)(C)C)CCO2)nc2c(Br)cnn12. The van der Waals surface area contributed by atoms with Crippen molar-refractivity contribution in [1.29, 1.82) is 0 Å². The molecular weight excluding hydrogens is 392 g/mol. The Hall–Kier alpha value is -1.87. The Morgan fingerprint density at radius 3 is 2.88 bits per heavy atom. The van der Waals surface area contributed by atoms with E-state index in [1.54, 1.807) is 28.8 Å². The smallest absolute Gasteiger partial charge is 0.410 e. The highest BCUT2D eigenvalue weighted by Gasteiger charge is 2.30. The van der Waals surface area contributed by atoms with E-state index in [2.05, 4.69) is 26.0 Å². The van der Waals surface area contributed by atoms with E-state index in [0.717, 1.165) is 4.47 Å². The molecule has 0 N–H and O–H groups in total. The summed E-state index contributed by atoms with van der Waals surface area (Å²) in [4.78, 5) is 18.6. The molecule has 0 bridgehead atoms. The van der Waals surface area contributed by atoms with Crippen molar-refractivity contribution in [1.82, 2.24) is 19.5 Å². The van der Waals surface area contributed by atoms with Crippen molar-refractivity contribution >= 4 is 27.7 Å². The summed E-state index contributed by atoms with van der Waals surface area (Å²) < 4.78 is 19.0. The van der Waals surface area contributed by atoms with E-state index in [9.17, 15) is 4.79 Å². The average molecular weight is 413 g/mol. The largest absolute Gasteiger partial charge is 0.481 e. The van der Waals surface area contributed by atoms with Gasteiger partial charge in [-0.2, -0.15) is 9.61 Å². The minimum atomic E-state index is -0.534. The normalized spacial score (nSPS) is 18.4. The maximum Gasteiger partial charge on any atom is 0.410 e. The predicted octanol–water partition coefficient (Wildman–Crippen LogP) is 2.81. The second-order valence-electron chi connectivity index (χ2n) is 6.74. The number of morpholine rings is 1. The van der Waals surface area contributed by atoms with Gasteiger partial charge in [0.1, 0.15) is 11.7 Å². The number of amides is 1. The number of methoxy groups -OCH3 is 1. The third-order valence-electron chi connectivity index (χ3n) is 3.67. The van der Waals surface area contributed by atoms with E-state index in [4.69, 9.17) is 14.2 Å². The molecule has 1 amide bonds. The number of nitrogens with zero attached hydrogens (tertiary/aromatic N) is 4. The van der Waals surface area contributed by atoms with Crippen LogP contribution in [0.2, 0.25) is 0 Å². The maximum atomic E-state index is 12.3. The van der Waals surface area contributed by atoms with Crippen molar-refractivity contribution in [3.63, 3.8) is 0 Å². The van der Waals surface area contributed by atoms with E-state index < -0.39 is 5.60 Å². The molecule has 2 aromatic rings. The highest BCUT2D eigenvalue weighted by Crippen LogP contribution is 2.28. The lowest BCUT2D eigenvalue weighted by Gasteiger charge is -2.34. The zero-order chi connectivity index (χ0) is 18.2. The molecular formula is C16H21BrN4O4. The summed E-state index contributed by atoms with van der Waals surface area (Å²) in [6.45, 7) is 6.81. The number of carbonyl (C=O) groups is 1. The number of aromatic nitrogens is 3. The summed E-state index contributed by atoms with van der Waals surface area (Å²) in [6.07, 6.45) is 0.949. The van der Waals surface area contributed by atoms with Gasteiger partial charge in [-0.15, -0.1) is 0 Å². The molecule has 0 spiro atoms. The molecule has 1 aliphatic rings. The Morgan fingerprint density at radius 1 is 1.44 bits per heavy atom. The van der Waals surface area contributed by atoms with Crippen LogP contribution in [0.3, 0.4) is 0 Å². The number of hydrogen-bond acceptors (Lipinski definition) is 6. The maximum absolute atomic E-state index is 12.3. The summed E-state index contributed by atoms with van der Waals surface area (Å²) in [6, 6.07) is 1.77. The minimum absolute atomic E-state index is 0.348. The van der Waals surface area contributed by atoms with Gasteiger partial charge in [0, 0.05) is 12.6 Å². The zero-order valence-corrected chi connectivity index (χ0v) is 16.2. The Kier molecular flexibility index (Phi) is 4.88. The van der Waals surface area contributed by atoms with Gasteiger partial charge in [0.15, 0.2) is 5.65 Å². The molecule has 0 saturated carbocycles. The molecule has 2 aromatic heterocycles. The van der Waals surface area contributed by atoms with E-state index in [1.807, 2.05) is 20.8 Å². The number of hydrogen-bond donors (Lipinski definition) is 0. The van der Waals surface area contributed by atoms with Crippen LogP contribution in [0, 0.1) is 0 Å². The molecule has 8 nitrogen and oxygen atoms in total. The van der Waals surface area contributed by atoms with Gasteiger partial charge >= 0.3 is 6.09 Å². The fourth-order valence-electron chi connectivity index (χ4n) is 2.56. The lowest BCUT2D eigenvalue weighted by Crippen LogP contribution is -2.44. The highest BCUT2D eigenvalue weighted by atomic mass is 79.9. The summed E-state index contributed by atoms with van der Waals surface area (Å²) in [5.74, 6) is 0.545. The first-order valence-electron chi connectivity index (χ1n) is 7.96. The monoisotopic (exact) mass is 412 g/mol. The molecule has 0 radical (unpaired) electrons. The van der Waals surface area contributed by atoms with Gasteiger partial charge in [-0.1, -0.05) is 0 Å². The molecule has 1 saturated heterocycles. The highest BCUT2D eigenvalue weighted by molar-refractivity contribution is 9.10. The first kappa shape index (κ1) is 17.9. The van der Waals surface area contributed by atoms with E-state index in [-0.39, 0.29) is 12.2 Å². The minimum Gasteiger partial charge on any atom is -0.481 e. The fourth-order valence-corrected chi connectivity index (χ4v) is 2.91. The van der Waals surface area contributed by atoms with Crippen molar-refractivity contribution in [3.05, 3.63) is 22.4 Å². The van der Waals surface area contributed by atoms with Crippen LogP contribution in [0.25, 0.3) is 5.65 Å². The summed E-state index contributed by atoms with van der Waals surface area (Å²) in [7, 11) is 1.57. The topological polar surface area (TPSA) is 78.2 Å². The number of carbonyl (C=O) groups excluding carboxylic acids is 1. The molecule has 1 unspecified atom stereocenters. The zero-order valence-electron chi connectivity index (χ0n) is 14.7. The molecule has 3 heterocycles. The molecule has 9 heteroatoms. The lowest BCUT2D eigenvalue weighted by atomic mass is 10.2. The standard InChI is InChI=1S/C16H21BrN4O4/c1-16(2,3)25-15(22)20-5-6-24-12(9-20)11-7-13(23-4)21-14(19-11)10(17)8-18-21/h7-8,12H,5-6,9H2,1-4H3. The molecule has 1 atom stereocenters. The van der Waals surface area contributed by atoms with Crippen LogP contribution in [0.1, 0.15) is 32.6 Å². The van der Waals surface area contributed by atoms with Crippen molar-refractivity contribution in [2.24, 2.45) is 0 Å².